The molecule has 5 nitrogen and oxygen atoms in total. The first-order valence-corrected chi connectivity index (χ1v) is 5.94. The van der Waals surface area contributed by atoms with Gasteiger partial charge in [-0.15, -0.1) is 0 Å². The molecule has 1 rings (SSSR count). The maximum absolute atomic E-state index is 6.13. The van der Waals surface area contributed by atoms with Gasteiger partial charge in [-0.05, 0) is 13.3 Å². The third kappa shape index (κ3) is 4.27. The van der Waals surface area contributed by atoms with Crippen LogP contribution in [0.2, 0.25) is 5.15 Å². The van der Waals surface area contributed by atoms with Crippen molar-refractivity contribution in [1.29, 1.82) is 0 Å². The van der Waals surface area contributed by atoms with Crippen LogP contribution in [0.15, 0.2) is 0 Å². The second kappa shape index (κ2) is 6.96. The lowest BCUT2D eigenvalue weighted by atomic mass is 10.1. The summed E-state index contributed by atoms with van der Waals surface area (Å²) in [6, 6.07) is -0.0766. The van der Waals surface area contributed by atoms with E-state index in [4.69, 9.17) is 26.8 Å². The third-order valence-electron chi connectivity index (χ3n) is 2.50. The molecular weight excluding hydrogens is 242 g/mol. The first-order chi connectivity index (χ1) is 8.06. The van der Waals surface area contributed by atoms with Crippen molar-refractivity contribution in [2.45, 2.75) is 19.4 Å². The highest BCUT2D eigenvalue weighted by molar-refractivity contribution is 6.30. The summed E-state index contributed by atoms with van der Waals surface area (Å²) in [5.74, 6) is 0. The van der Waals surface area contributed by atoms with Crippen LogP contribution in [0.4, 0.5) is 0 Å². The molecule has 1 aromatic rings. The number of aromatic nitrogens is 2. The molecule has 1 aromatic heterocycles. The Balaban J connectivity index is 2.42. The molecule has 98 valence electrons. The van der Waals surface area contributed by atoms with Gasteiger partial charge >= 0.3 is 0 Å². The number of hydrogen-bond donors (Lipinski definition) is 1. The molecule has 2 N–H and O–H groups in total. The van der Waals surface area contributed by atoms with Gasteiger partial charge in [0.2, 0.25) is 0 Å². The molecule has 1 heterocycles. The zero-order valence-corrected chi connectivity index (χ0v) is 11.3. The smallest absolute Gasteiger partial charge is 0.130 e. The lowest BCUT2D eigenvalue weighted by molar-refractivity contribution is 0.0637. The van der Waals surface area contributed by atoms with E-state index in [1.807, 2.05) is 14.0 Å². The molecule has 0 saturated carbocycles. The molecule has 17 heavy (non-hydrogen) atoms. The summed E-state index contributed by atoms with van der Waals surface area (Å²) in [7, 11) is 3.46. The van der Waals surface area contributed by atoms with E-state index in [9.17, 15) is 0 Å². The van der Waals surface area contributed by atoms with E-state index in [2.05, 4.69) is 5.10 Å². The molecule has 0 amide bonds. The Morgan fingerprint density at radius 1 is 1.47 bits per heavy atom. The molecule has 6 heteroatoms. The largest absolute Gasteiger partial charge is 0.382 e. The first-order valence-electron chi connectivity index (χ1n) is 5.56. The molecule has 0 fully saturated rings. The van der Waals surface area contributed by atoms with Crippen molar-refractivity contribution < 1.29 is 9.47 Å². The van der Waals surface area contributed by atoms with Crippen LogP contribution in [0.3, 0.4) is 0 Å². The van der Waals surface area contributed by atoms with Crippen LogP contribution in [-0.4, -0.2) is 42.8 Å². The molecule has 0 radical (unpaired) electrons. The SMILES string of the molecule is COCCOCC(N)Cc1c(C)nn(C)c1Cl. The van der Waals surface area contributed by atoms with Crippen LogP contribution in [-0.2, 0) is 22.9 Å². The fourth-order valence-electron chi connectivity index (χ4n) is 1.60. The van der Waals surface area contributed by atoms with Crippen LogP contribution < -0.4 is 5.73 Å². The minimum atomic E-state index is -0.0766. The molecule has 0 aliphatic carbocycles. The summed E-state index contributed by atoms with van der Waals surface area (Å²) in [5.41, 5.74) is 7.89. The van der Waals surface area contributed by atoms with Gasteiger partial charge in [0.25, 0.3) is 0 Å². The van der Waals surface area contributed by atoms with Crippen LogP contribution in [0, 0.1) is 6.92 Å². The molecule has 0 aromatic carbocycles. The van der Waals surface area contributed by atoms with Gasteiger partial charge in [-0.3, -0.25) is 4.68 Å². The van der Waals surface area contributed by atoms with Crippen molar-refractivity contribution >= 4 is 11.6 Å². The van der Waals surface area contributed by atoms with Gasteiger partial charge < -0.3 is 15.2 Å². The maximum atomic E-state index is 6.13. The van der Waals surface area contributed by atoms with Gasteiger partial charge in [-0.25, -0.2) is 0 Å². The summed E-state index contributed by atoms with van der Waals surface area (Å²) < 4.78 is 11.9. The Kier molecular flexibility index (Phi) is 5.91. The van der Waals surface area contributed by atoms with E-state index in [1.54, 1.807) is 11.8 Å². The third-order valence-corrected chi connectivity index (χ3v) is 2.97. The summed E-state index contributed by atoms with van der Waals surface area (Å²) >= 11 is 6.13. The average Bonchev–Trinajstić information content (AvgIpc) is 2.52. The predicted octanol–water partition coefficient (Wildman–Crippen LogP) is 0.915. The summed E-state index contributed by atoms with van der Waals surface area (Å²) in [6.45, 7) is 3.57. The Bertz CT molecular complexity index is 355. The number of aryl methyl sites for hydroxylation is 2. The van der Waals surface area contributed by atoms with Crippen LogP contribution in [0.25, 0.3) is 0 Å². The van der Waals surface area contributed by atoms with Crippen LogP contribution in [0.5, 0.6) is 0 Å². The number of hydrogen-bond acceptors (Lipinski definition) is 4. The monoisotopic (exact) mass is 261 g/mol. The van der Waals surface area contributed by atoms with E-state index >= 15 is 0 Å². The van der Waals surface area contributed by atoms with Crippen molar-refractivity contribution in [3.63, 3.8) is 0 Å². The Hall–Kier alpha value is -0.620. The van der Waals surface area contributed by atoms with E-state index in [1.165, 1.54) is 0 Å². The number of ether oxygens (including phenoxy) is 2. The fraction of sp³-hybridized carbons (Fsp3) is 0.727. The highest BCUT2D eigenvalue weighted by Gasteiger charge is 2.14. The van der Waals surface area contributed by atoms with Crippen molar-refractivity contribution in [2.75, 3.05) is 26.9 Å². The second-order valence-corrected chi connectivity index (χ2v) is 4.37. The minimum Gasteiger partial charge on any atom is -0.382 e. The predicted molar refractivity (Wildman–Crippen MR) is 67.3 cm³/mol. The quantitative estimate of drug-likeness (QED) is 0.742. The van der Waals surface area contributed by atoms with E-state index < -0.39 is 0 Å². The Morgan fingerprint density at radius 2 is 2.18 bits per heavy atom. The topological polar surface area (TPSA) is 62.3 Å². The van der Waals surface area contributed by atoms with E-state index in [0.29, 0.717) is 31.4 Å². The maximum Gasteiger partial charge on any atom is 0.130 e. The molecule has 0 bridgehead atoms. The molecule has 1 atom stereocenters. The van der Waals surface area contributed by atoms with Crippen LogP contribution in [0.1, 0.15) is 11.3 Å². The zero-order valence-electron chi connectivity index (χ0n) is 10.6. The van der Waals surface area contributed by atoms with Gasteiger partial charge in [0.1, 0.15) is 5.15 Å². The van der Waals surface area contributed by atoms with Crippen molar-refractivity contribution in [1.82, 2.24) is 9.78 Å². The molecule has 0 aliphatic rings. The molecule has 1 unspecified atom stereocenters. The van der Waals surface area contributed by atoms with E-state index in [0.717, 1.165) is 11.3 Å². The van der Waals surface area contributed by atoms with Crippen molar-refractivity contribution in [3.05, 3.63) is 16.4 Å². The number of nitrogens with zero attached hydrogens (tertiary/aromatic N) is 2. The zero-order chi connectivity index (χ0) is 12.8. The van der Waals surface area contributed by atoms with Gasteiger partial charge in [0.15, 0.2) is 0 Å². The van der Waals surface area contributed by atoms with Gasteiger partial charge in [0, 0.05) is 25.8 Å². The van der Waals surface area contributed by atoms with Crippen molar-refractivity contribution in [3.8, 4) is 0 Å². The van der Waals surface area contributed by atoms with Crippen LogP contribution >= 0.6 is 11.6 Å². The van der Waals surface area contributed by atoms with Gasteiger partial charge in [-0.2, -0.15) is 5.10 Å². The lowest BCUT2D eigenvalue weighted by Gasteiger charge is -2.11. The number of halogens is 1. The molecule has 0 aliphatic heterocycles. The lowest BCUT2D eigenvalue weighted by Crippen LogP contribution is -2.29. The number of nitrogens with two attached hydrogens (primary N) is 1. The summed E-state index contributed by atoms with van der Waals surface area (Å²) in [4.78, 5) is 0. The fourth-order valence-corrected chi connectivity index (χ4v) is 1.86. The standard InChI is InChI=1S/C11H20ClN3O2/c1-8-10(11(12)15(2)14-8)6-9(13)7-17-5-4-16-3/h9H,4-7,13H2,1-3H3. The first kappa shape index (κ1) is 14.4. The van der Waals surface area contributed by atoms with Gasteiger partial charge in [-0.1, -0.05) is 11.6 Å². The molecule has 0 saturated heterocycles. The summed E-state index contributed by atoms with van der Waals surface area (Å²) in [5, 5.41) is 4.89. The highest BCUT2D eigenvalue weighted by Crippen LogP contribution is 2.19. The molecule has 0 spiro atoms. The van der Waals surface area contributed by atoms with Gasteiger partial charge in [0.05, 0.1) is 25.5 Å². The van der Waals surface area contributed by atoms with Crippen molar-refractivity contribution in [2.24, 2.45) is 12.8 Å². The Labute approximate surface area is 107 Å². The normalized spacial score (nSPS) is 13.0. The molecular formula is C11H20ClN3O2. The average molecular weight is 262 g/mol. The summed E-state index contributed by atoms with van der Waals surface area (Å²) in [6.07, 6.45) is 0.672. The Morgan fingerprint density at radius 3 is 2.71 bits per heavy atom. The second-order valence-electron chi connectivity index (χ2n) is 4.01. The number of methoxy groups -OCH3 is 1. The number of rotatable bonds is 7. The minimum absolute atomic E-state index is 0.0766. The highest BCUT2D eigenvalue weighted by atomic mass is 35.5. The van der Waals surface area contributed by atoms with E-state index in [-0.39, 0.29) is 6.04 Å².